The number of aromatic nitrogens is 2. The molecule has 4 nitrogen and oxygen atoms in total. The first-order valence-corrected chi connectivity index (χ1v) is 6.82. The van der Waals surface area contributed by atoms with Crippen LogP contribution in [0.5, 0.6) is 11.6 Å². The van der Waals surface area contributed by atoms with Gasteiger partial charge in [-0.05, 0) is 26.0 Å². The Bertz CT molecular complexity index is 591. The zero-order valence-corrected chi connectivity index (χ0v) is 12.7. The molecule has 4 heteroatoms. The summed E-state index contributed by atoms with van der Waals surface area (Å²) in [5.41, 5.74) is 2.12. The average Bonchev–Trinajstić information content (AvgIpc) is 2.43. The molecule has 0 unspecified atom stereocenters. The van der Waals surface area contributed by atoms with Crippen LogP contribution in [0.1, 0.15) is 36.7 Å². The number of anilines is 1. The fourth-order valence-electron chi connectivity index (χ4n) is 1.83. The molecule has 1 aromatic carbocycles. The lowest BCUT2D eigenvalue weighted by Crippen LogP contribution is -2.06. The van der Waals surface area contributed by atoms with E-state index in [0.29, 0.717) is 5.88 Å². The smallest absolute Gasteiger partial charge is 0.227 e. The van der Waals surface area contributed by atoms with Crippen molar-refractivity contribution in [2.24, 2.45) is 0 Å². The Morgan fingerprint density at radius 2 is 1.70 bits per heavy atom. The normalized spacial score (nSPS) is 10.7. The fourth-order valence-corrected chi connectivity index (χ4v) is 1.83. The predicted molar refractivity (Wildman–Crippen MR) is 81.7 cm³/mol. The number of nitrogens with zero attached hydrogens (tertiary/aromatic N) is 2. The number of benzene rings is 1. The highest BCUT2D eigenvalue weighted by molar-refractivity contribution is 5.49. The Morgan fingerprint density at radius 1 is 1.05 bits per heavy atom. The maximum atomic E-state index is 5.91. The van der Waals surface area contributed by atoms with Gasteiger partial charge in [-0.15, -0.1) is 0 Å². The van der Waals surface area contributed by atoms with Crippen LogP contribution in [-0.2, 0) is 0 Å². The van der Waals surface area contributed by atoms with Crippen molar-refractivity contribution in [1.29, 1.82) is 0 Å². The first-order chi connectivity index (χ1) is 9.51. The zero-order chi connectivity index (χ0) is 14.7. The van der Waals surface area contributed by atoms with Gasteiger partial charge in [0.1, 0.15) is 17.4 Å². The Morgan fingerprint density at radius 3 is 2.25 bits per heavy atom. The zero-order valence-electron chi connectivity index (χ0n) is 12.7. The van der Waals surface area contributed by atoms with Crippen LogP contribution in [0.3, 0.4) is 0 Å². The Kier molecular flexibility index (Phi) is 4.23. The molecule has 0 bridgehead atoms. The first-order valence-electron chi connectivity index (χ1n) is 6.82. The summed E-state index contributed by atoms with van der Waals surface area (Å²) in [6.45, 7) is 8.15. The second kappa shape index (κ2) is 5.90. The van der Waals surface area contributed by atoms with Crippen molar-refractivity contribution >= 4 is 5.82 Å². The minimum absolute atomic E-state index is 0.253. The standard InChI is InChI=1S/C16H21N3O/c1-10(2)14-18-15(17-5)12(4)16(19-14)20-13-8-6-11(3)7-9-13/h6-10H,1-5H3,(H,17,18,19). The van der Waals surface area contributed by atoms with E-state index in [1.54, 1.807) is 0 Å². The van der Waals surface area contributed by atoms with Crippen LogP contribution in [0, 0.1) is 13.8 Å². The molecule has 20 heavy (non-hydrogen) atoms. The van der Waals surface area contributed by atoms with E-state index in [9.17, 15) is 0 Å². The minimum Gasteiger partial charge on any atom is -0.439 e. The SMILES string of the molecule is CNc1nc(C(C)C)nc(Oc2ccc(C)cc2)c1C. The summed E-state index contributed by atoms with van der Waals surface area (Å²) < 4.78 is 5.91. The number of nitrogens with one attached hydrogen (secondary N) is 1. The van der Waals surface area contributed by atoms with Gasteiger partial charge in [0, 0.05) is 13.0 Å². The van der Waals surface area contributed by atoms with E-state index in [2.05, 4.69) is 36.1 Å². The molecule has 0 saturated heterocycles. The van der Waals surface area contributed by atoms with Crippen LogP contribution in [0.4, 0.5) is 5.82 Å². The van der Waals surface area contributed by atoms with Gasteiger partial charge < -0.3 is 10.1 Å². The van der Waals surface area contributed by atoms with Gasteiger partial charge in [0.2, 0.25) is 5.88 Å². The Labute approximate surface area is 120 Å². The highest BCUT2D eigenvalue weighted by atomic mass is 16.5. The van der Waals surface area contributed by atoms with Crippen LogP contribution in [-0.4, -0.2) is 17.0 Å². The van der Waals surface area contributed by atoms with Crippen LogP contribution in [0.25, 0.3) is 0 Å². The molecule has 1 heterocycles. The molecule has 0 aliphatic carbocycles. The lowest BCUT2D eigenvalue weighted by Gasteiger charge is -2.14. The number of rotatable bonds is 4. The molecule has 0 saturated carbocycles. The second-order valence-electron chi connectivity index (χ2n) is 5.18. The summed E-state index contributed by atoms with van der Waals surface area (Å²) in [6.07, 6.45) is 0. The molecule has 0 aliphatic heterocycles. The molecule has 0 spiro atoms. The quantitative estimate of drug-likeness (QED) is 0.911. The topological polar surface area (TPSA) is 47.0 Å². The van der Waals surface area contributed by atoms with E-state index in [0.717, 1.165) is 23.0 Å². The van der Waals surface area contributed by atoms with Crippen molar-refractivity contribution in [1.82, 2.24) is 9.97 Å². The molecule has 0 aliphatic rings. The van der Waals surface area contributed by atoms with Gasteiger partial charge >= 0.3 is 0 Å². The van der Waals surface area contributed by atoms with Crippen LogP contribution < -0.4 is 10.1 Å². The van der Waals surface area contributed by atoms with Crippen molar-refractivity contribution in [2.75, 3.05) is 12.4 Å². The van der Waals surface area contributed by atoms with Gasteiger partial charge in [-0.1, -0.05) is 31.5 Å². The van der Waals surface area contributed by atoms with Crippen molar-refractivity contribution in [3.05, 3.63) is 41.2 Å². The van der Waals surface area contributed by atoms with Gasteiger partial charge in [0.05, 0.1) is 5.56 Å². The highest BCUT2D eigenvalue weighted by Gasteiger charge is 2.14. The molecular formula is C16H21N3O. The van der Waals surface area contributed by atoms with E-state index in [4.69, 9.17) is 4.74 Å². The van der Waals surface area contributed by atoms with E-state index < -0.39 is 0 Å². The minimum atomic E-state index is 0.253. The van der Waals surface area contributed by atoms with Crippen molar-refractivity contribution in [3.8, 4) is 11.6 Å². The number of hydrogen-bond donors (Lipinski definition) is 1. The number of hydrogen-bond acceptors (Lipinski definition) is 4. The molecule has 2 rings (SSSR count). The molecule has 2 aromatic rings. The Balaban J connectivity index is 2.39. The summed E-state index contributed by atoms with van der Waals surface area (Å²) in [5.74, 6) is 3.24. The third-order valence-corrected chi connectivity index (χ3v) is 3.11. The van der Waals surface area contributed by atoms with E-state index in [1.807, 2.05) is 38.2 Å². The third kappa shape index (κ3) is 3.07. The number of ether oxygens (including phenoxy) is 1. The highest BCUT2D eigenvalue weighted by Crippen LogP contribution is 2.28. The van der Waals surface area contributed by atoms with Crippen LogP contribution in [0.15, 0.2) is 24.3 Å². The van der Waals surface area contributed by atoms with Gasteiger partial charge in [0.15, 0.2) is 0 Å². The van der Waals surface area contributed by atoms with E-state index in [-0.39, 0.29) is 5.92 Å². The van der Waals surface area contributed by atoms with Crippen LogP contribution >= 0.6 is 0 Å². The largest absolute Gasteiger partial charge is 0.439 e. The molecule has 1 N–H and O–H groups in total. The monoisotopic (exact) mass is 271 g/mol. The molecule has 0 fully saturated rings. The fraction of sp³-hybridized carbons (Fsp3) is 0.375. The molecule has 0 radical (unpaired) electrons. The summed E-state index contributed by atoms with van der Waals surface area (Å²) in [5, 5.41) is 3.09. The summed E-state index contributed by atoms with van der Waals surface area (Å²) in [4.78, 5) is 9.03. The van der Waals surface area contributed by atoms with Gasteiger partial charge in [0.25, 0.3) is 0 Å². The molecule has 0 atom stereocenters. The summed E-state index contributed by atoms with van der Waals surface area (Å²) in [6, 6.07) is 7.94. The average molecular weight is 271 g/mol. The maximum absolute atomic E-state index is 5.91. The first kappa shape index (κ1) is 14.3. The molecule has 1 aromatic heterocycles. The number of aryl methyl sites for hydroxylation is 1. The third-order valence-electron chi connectivity index (χ3n) is 3.11. The molecular weight excluding hydrogens is 250 g/mol. The summed E-state index contributed by atoms with van der Waals surface area (Å²) >= 11 is 0. The van der Waals surface area contributed by atoms with Crippen LogP contribution in [0.2, 0.25) is 0 Å². The van der Waals surface area contributed by atoms with Gasteiger partial charge in [-0.25, -0.2) is 4.98 Å². The lowest BCUT2D eigenvalue weighted by atomic mass is 10.2. The molecule has 0 amide bonds. The lowest BCUT2D eigenvalue weighted by molar-refractivity contribution is 0.453. The van der Waals surface area contributed by atoms with Crippen molar-refractivity contribution in [3.63, 3.8) is 0 Å². The van der Waals surface area contributed by atoms with Gasteiger partial charge in [-0.2, -0.15) is 4.98 Å². The van der Waals surface area contributed by atoms with E-state index >= 15 is 0 Å². The second-order valence-corrected chi connectivity index (χ2v) is 5.18. The van der Waals surface area contributed by atoms with Gasteiger partial charge in [-0.3, -0.25) is 0 Å². The van der Waals surface area contributed by atoms with E-state index in [1.165, 1.54) is 5.56 Å². The van der Waals surface area contributed by atoms with Crippen molar-refractivity contribution < 1.29 is 4.74 Å². The molecule has 106 valence electrons. The van der Waals surface area contributed by atoms with Crippen molar-refractivity contribution in [2.45, 2.75) is 33.6 Å². The maximum Gasteiger partial charge on any atom is 0.227 e. The predicted octanol–water partition coefficient (Wildman–Crippen LogP) is 4.05. The summed E-state index contributed by atoms with van der Waals surface area (Å²) in [7, 11) is 1.86. The Hall–Kier alpha value is -2.10.